The first-order valence-electron chi connectivity index (χ1n) is 6.48. The third-order valence-corrected chi connectivity index (χ3v) is 4.39. The number of aliphatic hydroxyl groups is 1. The largest absolute Gasteiger partial charge is 0.388 e. The van der Waals surface area contributed by atoms with Crippen molar-refractivity contribution in [2.45, 2.75) is 33.3 Å². The van der Waals surface area contributed by atoms with Crippen LogP contribution < -0.4 is 0 Å². The molecule has 19 heavy (non-hydrogen) atoms. The molecule has 1 unspecified atom stereocenters. The predicted molar refractivity (Wildman–Crippen MR) is 83.5 cm³/mol. The number of rotatable bonds is 3. The average Bonchev–Trinajstić information content (AvgIpc) is 2.36. The van der Waals surface area contributed by atoms with Crippen LogP contribution >= 0.6 is 15.9 Å². The Balaban J connectivity index is 2.28. The van der Waals surface area contributed by atoms with Crippen molar-refractivity contribution in [2.75, 3.05) is 0 Å². The fraction of sp³-hybridized carbons (Fsp3) is 0.294. The van der Waals surface area contributed by atoms with E-state index in [1.807, 2.05) is 24.3 Å². The Hall–Kier alpha value is -1.12. The lowest BCUT2D eigenvalue weighted by Gasteiger charge is -2.16. The van der Waals surface area contributed by atoms with E-state index < -0.39 is 6.10 Å². The molecule has 1 N–H and O–H groups in total. The summed E-state index contributed by atoms with van der Waals surface area (Å²) in [4.78, 5) is 0. The van der Waals surface area contributed by atoms with Gasteiger partial charge in [-0.1, -0.05) is 46.3 Å². The molecule has 0 aromatic heterocycles. The van der Waals surface area contributed by atoms with Crippen molar-refractivity contribution < 1.29 is 5.11 Å². The van der Waals surface area contributed by atoms with E-state index in [1.165, 1.54) is 11.1 Å². The van der Waals surface area contributed by atoms with E-state index in [4.69, 9.17) is 0 Å². The lowest BCUT2D eigenvalue weighted by molar-refractivity contribution is 0.177. The molecule has 0 bridgehead atoms. The van der Waals surface area contributed by atoms with E-state index in [0.29, 0.717) is 6.42 Å². The number of aliphatic hydroxyl groups excluding tert-OH is 1. The van der Waals surface area contributed by atoms with Crippen LogP contribution in [0.5, 0.6) is 0 Å². The topological polar surface area (TPSA) is 20.2 Å². The summed E-state index contributed by atoms with van der Waals surface area (Å²) < 4.78 is 1.05. The van der Waals surface area contributed by atoms with Crippen molar-refractivity contribution in [1.29, 1.82) is 0 Å². The van der Waals surface area contributed by atoms with E-state index in [1.54, 1.807) is 0 Å². The lowest BCUT2D eigenvalue weighted by Crippen LogP contribution is -2.05. The van der Waals surface area contributed by atoms with Gasteiger partial charge in [0.05, 0.1) is 6.10 Å². The summed E-state index contributed by atoms with van der Waals surface area (Å²) in [6, 6.07) is 12.3. The molecule has 0 saturated heterocycles. The van der Waals surface area contributed by atoms with Crippen LogP contribution in [0, 0.1) is 20.8 Å². The zero-order valence-electron chi connectivity index (χ0n) is 11.6. The van der Waals surface area contributed by atoms with Crippen LogP contribution in [0.3, 0.4) is 0 Å². The predicted octanol–water partition coefficient (Wildman–Crippen LogP) is 4.65. The molecule has 0 fully saturated rings. The first kappa shape index (κ1) is 14.3. The fourth-order valence-corrected chi connectivity index (χ4v) is 2.77. The highest BCUT2D eigenvalue weighted by molar-refractivity contribution is 9.10. The number of aryl methyl sites for hydroxylation is 3. The Kier molecular flexibility index (Phi) is 4.43. The van der Waals surface area contributed by atoms with Gasteiger partial charge in [-0.2, -0.15) is 0 Å². The lowest BCUT2D eigenvalue weighted by atomic mass is 9.94. The van der Waals surface area contributed by atoms with Crippen LogP contribution in [-0.4, -0.2) is 5.11 Å². The van der Waals surface area contributed by atoms with Gasteiger partial charge in [0, 0.05) is 10.9 Å². The van der Waals surface area contributed by atoms with Gasteiger partial charge in [-0.25, -0.2) is 0 Å². The third kappa shape index (κ3) is 3.26. The highest BCUT2D eigenvalue weighted by atomic mass is 79.9. The summed E-state index contributed by atoms with van der Waals surface area (Å²) in [7, 11) is 0. The van der Waals surface area contributed by atoms with Gasteiger partial charge < -0.3 is 5.11 Å². The molecule has 2 rings (SSSR count). The van der Waals surface area contributed by atoms with Gasteiger partial charge in [0.2, 0.25) is 0 Å². The molecular weight excluding hydrogens is 300 g/mol. The number of benzene rings is 2. The summed E-state index contributed by atoms with van der Waals surface area (Å²) in [5.41, 5.74) is 5.82. The molecule has 0 aliphatic rings. The normalized spacial score (nSPS) is 12.5. The molecular formula is C17H19BrO. The van der Waals surface area contributed by atoms with Crippen LogP contribution in [0.25, 0.3) is 0 Å². The summed E-state index contributed by atoms with van der Waals surface area (Å²) >= 11 is 3.53. The summed E-state index contributed by atoms with van der Waals surface area (Å²) in [6.45, 7) is 6.25. The highest BCUT2D eigenvalue weighted by Crippen LogP contribution is 2.27. The van der Waals surface area contributed by atoms with Crippen LogP contribution in [0.4, 0.5) is 0 Å². The van der Waals surface area contributed by atoms with Crippen LogP contribution in [0.2, 0.25) is 0 Å². The van der Waals surface area contributed by atoms with E-state index in [-0.39, 0.29) is 0 Å². The third-order valence-electron chi connectivity index (χ3n) is 3.61. The van der Waals surface area contributed by atoms with Gasteiger partial charge in [-0.05, 0) is 54.7 Å². The maximum absolute atomic E-state index is 10.5. The SMILES string of the molecule is Cc1cc(C)c(C(O)Cc2ccccc2Br)cc1C. The van der Waals surface area contributed by atoms with Crippen LogP contribution in [-0.2, 0) is 6.42 Å². The van der Waals surface area contributed by atoms with E-state index >= 15 is 0 Å². The summed E-state index contributed by atoms with van der Waals surface area (Å²) in [5, 5.41) is 10.5. The van der Waals surface area contributed by atoms with Crippen molar-refractivity contribution in [3.63, 3.8) is 0 Å². The molecule has 0 aliphatic heterocycles. The Morgan fingerprint density at radius 1 is 1.00 bits per heavy atom. The van der Waals surface area contributed by atoms with Crippen molar-refractivity contribution in [3.05, 3.63) is 68.7 Å². The van der Waals surface area contributed by atoms with Crippen molar-refractivity contribution in [1.82, 2.24) is 0 Å². The first-order chi connectivity index (χ1) is 8.99. The summed E-state index contributed by atoms with van der Waals surface area (Å²) in [5.74, 6) is 0. The molecule has 1 atom stereocenters. The molecule has 0 radical (unpaired) electrons. The van der Waals surface area contributed by atoms with Crippen molar-refractivity contribution >= 4 is 15.9 Å². The molecule has 2 aromatic carbocycles. The molecule has 2 aromatic rings. The fourth-order valence-electron chi connectivity index (χ4n) is 2.32. The Morgan fingerprint density at radius 2 is 1.63 bits per heavy atom. The zero-order chi connectivity index (χ0) is 14.0. The molecule has 100 valence electrons. The Labute approximate surface area is 123 Å². The quantitative estimate of drug-likeness (QED) is 0.873. The van der Waals surface area contributed by atoms with Crippen molar-refractivity contribution in [2.24, 2.45) is 0 Å². The number of halogens is 1. The zero-order valence-corrected chi connectivity index (χ0v) is 13.2. The van der Waals surface area contributed by atoms with E-state index in [0.717, 1.165) is 21.2 Å². The molecule has 0 aliphatic carbocycles. The molecule has 2 heteroatoms. The minimum atomic E-state index is -0.460. The maximum Gasteiger partial charge on any atom is 0.0833 e. The van der Waals surface area contributed by atoms with Gasteiger partial charge >= 0.3 is 0 Å². The van der Waals surface area contributed by atoms with Crippen LogP contribution in [0.15, 0.2) is 40.9 Å². The Bertz CT molecular complexity index is 590. The van der Waals surface area contributed by atoms with Crippen LogP contribution in [0.1, 0.15) is 33.9 Å². The van der Waals surface area contributed by atoms with Gasteiger partial charge in [0.25, 0.3) is 0 Å². The molecule has 1 nitrogen and oxygen atoms in total. The van der Waals surface area contributed by atoms with E-state index in [2.05, 4.69) is 48.8 Å². The molecule has 0 saturated carbocycles. The second kappa shape index (κ2) is 5.89. The minimum Gasteiger partial charge on any atom is -0.388 e. The standard InChI is InChI=1S/C17H19BrO/c1-11-8-13(3)15(9-12(11)2)17(19)10-14-6-4-5-7-16(14)18/h4-9,17,19H,10H2,1-3H3. The number of hydrogen-bond donors (Lipinski definition) is 1. The van der Waals surface area contributed by atoms with Gasteiger partial charge in [-0.3, -0.25) is 0 Å². The second-order valence-electron chi connectivity index (χ2n) is 5.10. The first-order valence-corrected chi connectivity index (χ1v) is 7.27. The number of hydrogen-bond acceptors (Lipinski definition) is 1. The van der Waals surface area contributed by atoms with Gasteiger partial charge in [-0.15, -0.1) is 0 Å². The maximum atomic E-state index is 10.5. The molecule has 0 spiro atoms. The molecule has 0 heterocycles. The molecule has 0 amide bonds. The summed E-state index contributed by atoms with van der Waals surface area (Å²) in [6.07, 6.45) is 0.170. The monoisotopic (exact) mass is 318 g/mol. The van der Waals surface area contributed by atoms with Gasteiger partial charge in [0.15, 0.2) is 0 Å². The van der Waals surface area contributed by atoms with E-state index in [9.17, 15) is 5.11 Å². The smallest absolute Gasteiger partial charge is 0.0833 e. The average molecular weight is 319 g/mol. The second-order valence-corrected chi connectivity index (χ2v) is 5.96. The Morgan fingerprint density at radius 3 is 2.32 bits per heavy atom. The van der Waals surface area contributed by atoms with Gasteiger partial charge in [0.1, 0.15) is 0 Å². The van der Waals surface area contributed by atoms with Crippen molar-refractivity contribution in [3.8, 4) is 0 Å². The minimum absolute atomic E-state index is 0.460. The highest BCUT2D eigenvalue weighted by Gasteiger charge is 2.13.